The van der Waals surface area contributed by atoms with E-state index < -0.39 is 0 Å². The van der Waals surface area contributed by atoms with Gasteiger partial charge in [0.25, 0.3) is 5.91 Å². The molecule has 0 aliphatic carbocycles. The first-order valence-electron chi connectivity index (χ1n) is 9.33. The zero-order chi connectivity index (χ0) is 21.6. The lowest BCUT2D eigenvalue weighted by molar-refractivity contribution is -0.111. The molecule has 0 fully saturated rings. The summed E-state index contributed by atoms with van der Waals surface area (Å²) in [5, 5.41) is 2.76. The molecule has 0 radical (unpaired) electrons. The molecule has 6 heteroatoms. The van der Waals surface area contributed by atoms with E-state index in [0.29, 0.717) is 28.7 Å². The number of rotatable bonds is 7. The van der Waals surface area contributed by atoms with E-state index in [0.717, 1.165) is 5.56 Å². The average Bonchev–Trinajstić information content (AvgIpc) is 2.71. The molecule has 1 N–H and O–H groups in total. The molecule has 0 heterocycles. The third kappa shape index (κ3) is 5.60. The Bertz CT molecular complexity index is 900. The SMILES string of the molecule is COc1cc(NC(=O)/C=C/c2ccc(C(C)C)cc2)c(C(=O)N(C)C)cc1OC. The molecule has 2 aromatic carbocycles. The second-order valence-corrected chi connectivity index (χ2v) is 7.10. The van der Waals surface area contributed by atoms with Crippen molar-refractivity contribution < 1.29 is 19.1 Å². The van der Waals surface area contributed by atoms with Crippen molar-refractivity contribution in [2.75, 3.05) is 33.6 Å². The van der Waals surface area contributed by atoms with Gasteiger partial charge in [-0.05, 0) is 29.2 Å². The fraction of sp³-hybridized carbons (Fsp3) is 0.304. The van der Waals surface area contributed by atoms with Crippen molar-refractivity contribution in [3.8, 4) is 11.5 Å². The number of benzene rings is 2. The topological polar surface area (TPSA) is 67.9 Å². The Morgan fingerprint density at radius 3 is 2.10 bits per heavy atom. The zero-order valence-corrected chi connectivity index (χ0v) is 17.8. The van der Waals surface area contributed by atoms with Crippen LogP contribution in [-0.4, -0.2) is 45.0 Å². The quantitative estimate of drug-likeness (QED) is 0.713. The number of anilines is 1. The Hall–Kier alpha value is -3.28. The Labute approximate surface area is 172 Å². The predicted molar refractivity (Wildman–Crippen MR) is 116 cm³/mol. The number of hydrogen-bond acceptors (Lipinski definition) is 4. The van der Waals surface area contributed by atoms with Crippen molar-refractivity contribution in [2.45, 2.75) is 19.8 Å². The maximum Gasteiger partial charge on any atom is 0.255 e. The Kier molecular flexibility index (Phi) is 7.42. The monoisotopic (exact) mass is 396 g/mol. The number of amides is 2. The second-order valence-electron chi connectivity index (χ2n) is 7.10. The molecule has 2 aromatic rings. The molecular formula is C23H28N2O4. The molecule has 29 heavy (non-hydrogen) atoms. The van der Waals surface area contributed by atoms with Gasteiger partial charge in [-0.2, -0.15) is 0 Å². The number of nitrogens with zero attached hydrogens (tertiary/aromatic N) is 1. The Morgan fingerprint density at radius 1 is 1.00 bits per heavy atom. The van der Waals surface area contributed by atoms with Crippen LogP contribution < -0.4 is 14.8 Å². The Morgan fingerprint density at radius 2 is 1.59 bits per heavy atom. The van der Waals surface area contributed by atoms with Gasteiger partial charge >= 0.3 is 0 Å². The van der Waals surface area contributed by atoms with Gasteiger partial charge in [0.15, 0.2) is 11.5 Å². The van der Waals surface area contributed by atoms with Crippen molar-refractivity contribution in [3.63, 3.8) is 0 Å². The Balaban J connectivity index is 2.26. The van der Waals surface area contributed by atoms with Crippen molar-refractivity contribution >= 4 is 23.6 Å². The van der Waals surface area contributed by atoms with Gasteiger partial charge in [0, 0.05) is 26.2 Å². The third-order valence-corrected chi connectivity index (χ3v) is 4.45. The molecule has 0 aliphatic rings. The minimum Gasteiger partial charge on any atom is -0.493 e. The van der Waals surface area contributed by atoms with Crippen LogP contribution in [-0.2, 0) is 4.79 Å². The van der Waals surface area contributed by atoms with E-state index in [1.54, 1.807) is 32.3 Å². The van der Waals surface area contributed by atoms with E-state index >= 15 is 0 Å². The minimum absolute atomic E-state index is 0.255. The first-order chi connectivity index (χ1) is 13.8. The highest BCUT2D eigenvalue weighted by Gasteiger charge is 2.19. The molecule has 0 saturated heterocycles. The van der Waals surface area contributed by atoms with Crippen molar-refractivity contribution in [1.82, 2.24) is 4.90 Å². The minimum atomic E-state index is -0.349. The highest BCUT2D eigenvalue weighted by Crippen LogP contribution is 2.34. The van der Waals surface area contributed by atoms with Crippen molar-refractivity contribution in [2.24, 2.45) is 0 Å². The molecule has 0 aromatic heterocycles. The number of nitrogens with one attached hydrogen (secondary N) is 1. The predicted octanol–water partition coefficient (Wildman–Crippen LogP) is 4.18. The van der Waals surface area contributed by atoms with Gasteiger partial charge in [-0.25, -0.2) is 0 Å². The highest BCUT2D eigenvalue weighted by atomic mass is 16.5. The van der Waals surface area contributed by atoms with Gasteiger partial charge in [-0.1, -0.05) is 38.1 Å². The summed E-state index contributed by atoms with van der Waals surface area (Å²) in [6.07, 6.45) is 3.17. The fourth-order valence-corrected chi connectivity index (χ4v) is 2.74. The van der Waals surface area contributed by atoms with E-state index in [2.05, 4.69) is 19.2 Å². The number of ether oxygens (including phenoxy) is 2. The van der Waals surface area contributed by atoms with E-state index in [1.807, 2.05) is 24.3 Å². The lowest BCUT2D eigenvalue weighted by atomic mass is 10.0. The van der Waals surface area contributed by atoms with E-state index in [1.165, 1.54) is 30.8 Å². The van der Waals surface area contributed by atoms with Gasteiger partial charge in [-0.3, -0.25) is 9.59 Å². The maximum atomic E-state index is 12.5. The standard InChI is InChI=1S/C23H28N2O4/c1-15(2)17-10-7-16(8-11-17)9-12-22(26)24-19-14-21(29-6)20(28-5)13-18(19)23(27)25(3)4/h7-15H,1-6H3,(H,24,26)/b12-9+. The van der Waals surface area contributed by atoms with Crippen LogP contribution in [0, 0.1) is 0 Å². The van der Waals surface area contributed by atoms with Crippen LogP contribution in [0.15, 0.2) is 42.5 Å². The second kappa shape index (κ2) is 9.78. The molecule has 2 amide bonds. The zero-order valence-electron chi connectivity index (χ0n) is 17.8. The van der Waals surface area contributed by atoms with Gasteiger partial charge < -0.3 is 19.7 Å². The molecule has 6 nitrogen and oxygen atoms in total. The van der Waals surface area contributed by atoms with Gasteiger partial charge in [0.1, 0.15) is 0 Å². The summed E-state index contributed by atoms with van der Waals surface area (Å²) < 4.78 is 10.6. The average molecular weight is 396 g/mol. The van der Waals surface area contributed by atoms with Crippen LogP contribution in [0.5, 0.6) is 11.5 Å². The van der Waals surface area contributed by atoms with Gasteiger partial charge in [0.05, 0.1) is 25.5 Å². The van der Waals surface area contributed by atoms with Crippen LogP contribution in [0.2, 0.25) is 0 Å². The summed E-state index contributed by atoms with van der Waals surface area (Å²) in [6.45, 7) is 4.27. The van der Waals surface area contributed by atoms with Gasteiger partial charge in [-0.15, -0.1) is 0 Å². The highest BCUT2D eigenvalue weighted by molar-refractivity contribution is 6.08. The molecule has 154 valence electrons. The molecule has 0 bridgehead atoms. The van der Waals surface area contributed by atoms with Crippen LogP contribution in [0.3, 0.4) is 0 Å². The maximum absolute atomic E-state index is 12.5. The first kappa shape index (κ1) is 22.0. The number of hydrogen-bond donors (Lipinski definition) is 1. The van der Waals surface area contributed by atoms with Crippen molar-refractivity contribution in [3.05, 3.63) is 59.2 Å². The van der Waals surface area contributed by atoms with Crippen LogP contribution in [0.25, 0.3) is 6.08 Å². The molecule has 0 atom stereocenters. The van der Waals surface area contributed by atoms with E-state index in [-0.39, 0.29) is 11.8 Å². The first-order valence-corrected chi connectivity index (χ1v) is 9.33. The molecule has 0 aliphatic heterocycles. The summed E-state index contributed by atoms with van der Waals surface area (Å²) >= 11 is 0. The third-order valence-electron chi connectivity index (χ3n) is 4.45. The molecular weight excluding hydrogens is 368 g/mol. The summed E-state index contributed by atoms with van der Waals surface area (Å²) in [5.74, 6) is 0.685. The number of carbonyl (C=O) groups is 2. The summed E-state index contributed by atoms with van der Waals surface area (Å²) in [5.41, 5.74) is 2.83. The van der Waals surface area contributed by atoms with Gasteiger partial charge in [0.2, 0.25) is 5.91 Å². The molecule has 2 rings (SSSR count). The summed E-state index contributed by atoms with van der Waals surface area (Å²) in [4.78, 5) is 26.4. The normalized spacial score (nSPS) is 10.9. The lowest BCUT2D eigenvalue weighted by Gasteiger charge is -2.17. The smallest absolute Gasteiger partial charge is 0.255 e. The lowest BCUT2D eigenvalue weighted by Crippen LogP contribution is -2.24. The number of carbonyl (C=O) groups excluding carboxylic acids is 2. The largest absolute Gasteiger partial charge is 0.493 e. The fourth-order valence-electron chi connectivity index (χ4n) is 2.74. The molecule has 0 saturated carbocycles. The van der Waals surface area contributed by atoms with E-state index in [4.69, 9.17) is 9.47 Å². The molecule has 0 unspecified atom stereocenters. The number of methoxy groups -OCH3 is 2. The van der Waals surface area contributed by atoms with Crippen molar-refractivity contribution in [1.29, 1.82) is 0 Å². The van der Waals surface area contributed by atoms with E-state index in [9.17, 15) is 9.59 Å². The summed E-state index contributed by atoms with van der Waals surface area (Å²) in [6, 6.07) is 11.2. The molecule has 0 spiro atoms. The van der Waals surface area contributed by atoms with Crippen LogP contribution in [0.1, 0.15) is 41.3 Å². The van der Waals surface area contributed by atoms with Crippen LogP contribution >= 0.6 is 0 Å². The van der Waals surface area contributed by atoms with Crippen LogP contribution in [0.4, 0.5) is 5.69 Å². The summed E-state index contributed by atoms with van der Waals surface area (Å²) in [7, 11) is 6.28.